The van der Waals surface area contributed by atoms with Gasteiger partial charge in [0.2, 0.25) is 0 Å². The van der Waals surface area contributed by atoms with E-state index in [-0.39, 0.29) is 24.4 Å². The largest absolute Gasteiger partial charge is 0.496 e. The second kappa shape index (κ2) is 9.59. The highest BCUT2D eigenvalue weighted by Gasteiger charge is 2.33. The van der Waals surface area contributed by atoms with E-state index in [1.54, 1.807) is 7.11 Å². The molecule has 0 bridgehead atoms. The fraction of sp³-hybridized carbons (Fsp3) is 0.571. The molecule has 0 saturated carbocycles. The fourth-order valence-corrected chi connectivity index (χ4v) is 4.51. The number of piperidine rings is 1. The topological polar surface area (TPSA) is 72.3 Å². The molecule has 1 unspecified atom stereocenters. The molecule has 0 aliphatic carbocycles. The summed E-state index contributed by atoms with van der Waals surface area (Å²) >= 11 is 0. The molecule has 2 saturated heterocycles. The van der Waals surface area contributed by atoms with Crippen molar-refractivity contribution in [2.75, 3.05) is 26.7 Å². The van der Waals surface area contributed by atoms with Crippen molar-refractivity contribution in [3.63, 3.8) is 0 Å². The normalized spacial score (nSPS) is 19.8. The number of benzene rings is 1. The zero-order valence-corrected chi connectivity index (χ0v) is 18.0. The molecule has 0 spiro atoms. The first-order valence-electron chi connectivity index (χ1n) is 10.2. The van der Waals surface area contributed by atoms with Crippen molar-refractivity contribution < 1.29 is 9.53 Å². The summed E-state index contributed by atoms with van der Waals surface area (Å²) in [5, 5.41) is 12.0. The molecule has 4 rings (SSSR count). The summed E-state index contributed by atoms with van der Waals surface area (Å²) in [6.07, 6.45) is 4.88. The molecule has 2 fully saturated rings. The first-order valence-corrected chi connectivity index (χ1v) is 10.2. The minimum absolute atomic E-state index is 0. The first-order chi connectivity index (χ1) is 13.7. The summed E-state index contributed by atoms with van der Waals surface area (Å²) in [7, 11) is 1.69. The number of halogens is 1. The van der Waals surface area contributed by atoms with Gasteiger partial charge in [0.25, 0.3) is 5.91 Å². The van der Waals surface area contributed by atoms with Crippen LogP contribution >= 0.6 is 12.4 Å². The van der Waals surface area contributed by atoms with Crippen LogP contribution in [0.1, 0.15) is 53.5 Å². The zero-order valence-electron chi connectivity index (χ0n) is 17.1. The molecule has 2 aliphatic rings. The van der Waals surface area contributed by atoms with Crippen LogP contribution in [0.15, 0.2) is 24.3 Å². The smallest absolute Gasteiger partial charge is 0.276 e. The van der Waals surface area contributed by atoms with Crippen LogP contribution in [-0.2, 0) is 6.42 Å². The third kappa shape index (κ3) is 4.41. The highest BCUT2D eigenvalue weighted by Crippen LogP contribution is 2.28. The molecule has 1 aromatic heterocycles. The molecule has 29 heavy (non-hydrogen) atoms. The Balaban J connectivity index is 0.00000240. The molecule has 1 atom stereocenters. The maximum atomic E-state index is 13.3. The Morgan fingerprint density at radius 2 is 2.00 bits per heavy atom. The Bertz CT molecular complexity index is 834. The van der Waals surface area contributed by atoms with Crippen LogP contribution in [-0.4, -0.2) is 58.6 Å². The van der Waals surface area contributed by atoms with Crippen molar-refractivity contribution in [3.8, 4) is 5.75 Å². The molecular weight excluding hydrogens is 390 g/mol. The molecule has 7 nitrogen and oxygen atoms in total. The van der Waals surface area contributed by atoms with Gasteiger partial charge in [0, 0.05) is 12.6 Å². The number of aromatic nitrogens is 3. The van der Waals surface area contributed by atoms with E-state index in [4.69, 9.17) is 4.74 Å². The van der Waals surface area contributed by atoms with Crippen LogP contribution in [0.2, 0.25) is 0 Å². The van der Waals surface area contributed by atoms with E-state index in [1.807, 2.05) is 34.7 Å². The maximum Gasteiger partial charge on any atom is 0.276 e. The second-order valence-electron chi connectivity index (χ2n) is 7.76. The Morgan fingerprint density at radius 3 is 2.76 bits per heavy atom. The summed E-state index contributed by atoms with van der Waals surface area (Å²) in [4.78, 5) is 15.3. The fourth-order valence-electron chi connectivity index (χ4n) is 4.51. The molecule has 1 N–H and O–H groups in total. The lowest BCUT2D eigenvalue weighted by molar-refractivity contribution is 0.0729. The maximum absolute atomic E-state index is 13.3. The lowest BCUT2D eigenvalue weighted by Crippen LogP contribution is -2.37. The quantitative estimate of drug-likeness (QED) is 0.806. The van der Waals surface area contributed by atoms with E-state index in [2.05, 4.69) is 21.7 Å². The number of hydrogen-bond acceptors (Lipinski definition) is 5. The Hall–Kier alpha value is -2.12. The predicted molar refractivity (Wildman–Crippen MR) is 114 cm³/mol. The van der Waals surface area contributed by atoms with Crippen LogP contribution in [0.4, 0.5) is 0 Å². The summed E-state index contributed by atoms with van der Waals surface area (Å²) in [5.74, 6) is 0.893. The number of carbonyl (C=O) groups is 1. The number of likely N-dealkylation sites (tertiary alicyclic amines) is 1. The highest BCUT2D eigenvalue weighted by atomic mass is 35.5. The summed E-state index contributed by atoms with van der Waals surface area (Å²) in [6.45, 7) is 4.72. The van der Waals surface area contributed by atoms with E-state index in [1.165, 1.54) is 0 Å². The van der Waals surface area contributed by atoms with Crippen molar-refractivity contribution in [3.05, 3.63) is 41.2 Å². The van der Waals surface area contributed by atoms with Crippen molar-refractivity contribution >= 4 is 18.3 Å². The predicted octanol–water partition coefficient (Wildman–Crippen LogP) is 2.79. The third-order valence-electron chi connectivity index (χ3n) is 6.07. The van der Waals surface area contributed by atoms with E-state index < -0.39 is 0 Å². The number of nitrogens with one attached hydrogen (secondary N) is 1. The number of rotatable bonds is 5. The molecule has 8 heteroatoms. The summed E-state index contributed by atoms with van der Waals surface area (Å²) in [6, 6.07) is 8.56. The lowest BCUT2D eigenvalue weighted by Gasteiger charge is -2.25. The van der Waals surface area contributed by atoms with Gasteiger partial charge in [0.05, 0.1) is 18.8 Å². The van der Waals surface area contributed by atoms with Gasteiger partial charge in [-0.1, -0.05) is 23.4 Å². The SMILES string of the molecule is COc1ccccc1CC1CCCN1C(=O)c1nnn(C2CCNCC2)c1C.Cl. The number of methoxy groups -OCH3 is 1. The van der Waals surface area contributed by atoms with Gasteiger partial charge in [-0.05, 0) is 63.7 Å². The number of amides is 1. The molecule has 158 valence electrons. The van der Waals surface area contributed by atoms with Crippen LogP contribution < -0.4 is 10.1 Å². The van der Waals surface area contributed by atoms with Crippen molar-refractivity contribution in [1.82, 2.24) is 25.2 Å². The minimum Gasteiger partial charge on any atom is -0.496 e. The zero-order chi connectivity index (χ0) is 19.5. The molecular formula is C21H30ClN5O2. The van der Waals surface area contributed by atoms with Crippen LogP contribution in [0.3, 0.4) is 0 Å². The average molecular weight is 420 g/mol. The van der Waals surface area contributed by atoms with Crippen LogP contribution in [0.25, 0.3) is 0 Å². The lowest BCUT2D eigenvalue weighted by atomic mass is 10.0. The molecule has 0 radical (unpaired) electrons. The van der Waals surface area contributed by atoms with E-state index in [0.29, 0.717) is 11.7 Å². The monoisotopic (exact) mass is 419 g/mol. The third-order valence-corrected chi connectivity index (χ3v) is 6.07. The number of ether oxygens (including phenoxy) is 1. The van der Waals surface area contributed by atoms with Gasteiger partial charge in [-0.25, -0.2) is 4.68 Å². The Kier molecular flexibility index (Phi) is 7.14. The van der Waals surface area contributed by atoms with Crippen LogP contribution in [0.5, 0.6) is 5.75 Å². The van der Waals surface area contributed by atoms with Crippen LogP contribution in [0, 0.1) is 6.92 Å². The Labute approximate surface area is 178 Å². The molecule has 1 aromatic carbocycles. The second-order valence-corrected chi connectivity index (χ2v) is 7.76. The van der Waals surface area contributed by atoms with E-state index >= 15 is 0 Å². The number of carbonyl (C=O) groups excluding carboxylic acids is 1. The average Bonchev–Trinajstić information content (AvgIpc) is 3.35. The van der Waals surface area contributed by atoms with E-state index in [0.717, 1.165) is 68.7 Å². The summed E-state index contributed by atoms with van der Waals surface area (Å²) in [5.41, 5.74) is 2.54. The number of hydrogen-bond donors (Lipinski definition) is 1. The van der Waals surface area contributed by atoms with Gasteiger partial charge >= 0.3 is 0 Å². The van der Waals surface area contributed by atoms with Crippen molar-refractivity contribution in [2.24, 2.45) is 0 Å². The standard InChI is InChI=1S/C21H29N5O2.ClH/c1-15-20(23-24-26(15)17-9-11-22-12-10-17)21(27)25-13-5-7-18(25)14-16-6-3-4-8-19(16)28-2;/h3-4,6,8,17-18,22H,5,7,9-14H2,1-2H3;1H. The van der Waals surface area contributed by atoms with Gasteiger partial charge in [-0.3, -0.25) is 4.79 Å². The number of para-hydroxylation sites is 1. The highest BCUT2D eigenvalue weighted by molar-refractivity contribution is 5.93. The van der Waals surface area contributed by atoms with Gasteiger partial charge in [0.1, 0.15) is 5.75 Å². The van der Waals surface area contributed by atoms with Crippen molar-refractivity contribution in [1.29, 1.82) is 0 Å². The van der Waals surface area contributed by atoms with Gasteiger partial charge < -0.3 is 15.0 Å². The first kappa shape index (κ1) is 21.6. The summed E-state index contributed by atoms with van der Waals surface area (Å²) < 4.78 is 7.45. The molecule has 2 aromatic rings. The number of nitrogens with zero attached hydrogens (tertiary/aromatic N) is 4. The van der Waals surface area contributed by atoms with Crippen molar-refractivity contribution in [2.45, 2.75) is 51.1 Å². The van der Waals surface area contributed by atoms with E-state index in [9.17, 15) is 4.79 Å². The van der Waals surface area contributed by atoms with Gasteiger partial charge in [0.15, 0.2) is 5.69 Å². The van der Waals surface area contributed by atoms with Gasteiger partial charge in [-0.15, -0.1) is 17.5 Å². The Morgan fingerprint density at radius 1 is 1.24 bits per heavy atom. The molecule has 1 amide bonds. The molecule has 3 heterocycles. The molecule has 2 aliphatic heterocycles. The van der Waals surface area contributed by atoms with Gasteiger partial charge in [-0.2, -0.15) is 0 Å². The minimum atomic E-state index is 0.